The maximum Gasteiger partial charge on any atom is 0.271 e. The number of nitro benzene ring substituents is 1. The molecule has 3 aromatic carbocycles. The Morgan fingerprint density at radius 2 is 1.71 bits per heavy atom. The highest BCUT2D eigenvalue weighted by atomic mass is 16.6. The quantitative estimate of drug-likeness (QED) is 0.485. The molecule has 0 radical (unpaired) electrons. The zero-order chi connectivity index (χ0) is 19.9. The summed E-state index contributed by atoms with van der Waals surface area (Å²) in [5.74, 6) is 0.936. The number of nitrogens with zero attached hydrogens (tertiary/aromatic N) is 1. The van der Waals surface area contributed by atoms with E-state index in [1.807, 2.05) is 24.3 Å². The molecule has 0 aliphatic rings. The monoisotopic (exact) mass is 378 g/mol. The fraction of sp³-hybridized carbons (Fsp3) is 0.0952. The van der Waals surface area contributed by atoms with Crippen molar-refractivity contribution in [3.63, 3.8) is 0 Å². The van der Waals surface area contributed by atoms with E-state index in [1.54, 1.807) is 37.4 Å². The van der Waals surface area contributed by atoms with Gasteiger partial charge in [-0.25, -0.2) is 0 Å². The largest absolute Gasteiger partial charge is 0.493 e. The Bertz CT molecular complexity index is 986. The first-order valence-electron chi connectivity index (χ1n) is 8.47. The fourth-order valence-electron chi connectivity index (χ4n) is 2.55. The van der Waals surface area contributed by atoms with Crippen molar-refractivity contribution in [2.75, 3.05) is 12.4 Å². The summed E-state index contributed by atoms with van der Waals surface area (Å²) in [6, 6.07) is 20.1. The number of carbonyl (C=O) groups excluding carboxylic acids is 1. The topological polar surface area (TPSA) is 90.7 Å². The smallest absolute Gasteiger partial charge is 0.271 e. The Morgan fingerprint density at radius 1 is 1.00 bits per heavy atom. The van der Waals surface area contributed by atoms with Gasteiger partial charge in [0.05, 0.1) is 12.0 Å². The summed E-state index contributed by atoms with van der Waals surface area (Å²) in [5.41, 5.74) is 1.61. The highest BCUT2D eigenvalue weighted by molar-refractivity contribution is 6.04. The Balaban J connectivity index is 1.63. The molecule has 0 bridgehead atoms. The van der Waals surface area contributed by atoms with Gasteiger partial charge in [0.1, 0.15) is 6.61 Å². The molecule has 0 spiro atoms. The molecule has 3 aromatic rings. The van der Waals surface area contributed by atoms with E-state index in [-0.39, 0.29) is 11.6 Å². The minimum atomic E-state index is -0.508. The minimum absolute atomic E-state index is 0.0818. The van der Waals surface area contributed by atoms with Crippen LogP contribution >= 0.6 is 0 Å². The highest BCUT2D eigenvalue weighted by Crippen LogP contribution is 2.26. The van der Waals surface area contributed by atoms with Crippen LogP contribution in [-0.2, 0) is 6.61 Å². The van der Waals surface area contributed by atoms with Crippen molar-refractivity contribution in [1.29, 1.82) is 0 Å². The lowest BCUT2D eigenvalue weighted by Gasteiger charge is -2.11. The average molecular weight is 378 g/mol. The number of benzene rings is 3. The molecule has 0 saturated heterocycles. The van der Waals surface area contributed by atoms with E-state index in [4.69, 9.17) is 9.47 Å². The number of rotatable bonds is 7. The second-order valence-electron chi connectivity index (χ2n) is 5.90. The third-order valence-electron chi connectivity index (χ3n) is 3.99. The summed E-state index contributed by atoms with van der Waals surface area (Å²) in [5, 5.41) is 13.5. The molecule has 7 nitrogen and oxygen atoms in total. The van der Waals surface area contributed by atoms with Crippen LogP contribution in [-0.4, -0.2) is 17.9 Å². The molecule has 0 heterocycles. The van der Waals surface area contributed by atoms with Crippen molar-refractivity contribution in [2.24, 2.45) is 0 Å². The number of carbonyl (C=O) groups is 1. The molecule has 142 valence electrons. The maximum absolute atomic E-state index is 12.3. The van der Waals surface area contributed by atoms with Crippen molar-refractivity contribution in [2.45, 2.75) is 6.61 Å². The molecule has 0 aliphatic carbocycles. The SMILES string of the molecule is COc1ccccc1OCc1ccc(C(=O)Nc2cccc([N+](=O)[O-])c2)cc1. The minimum Gasteiger partial charge on any atom is -0.493 e. The molecule has 1 amide bonds. The number of methoxy groups -OCH3 is 1. The number of amides is 1. The summed E-state index contributed by atoms with van der Waals surface area (Å²) in [6.45, 7) is 0.327. The van der Waals surface area contributed by atoms with Crippen LogP contribution in [0.4, 0.5) is 11.4 Å². The average Bonchev–Trinajstić information content (AvgIpc) is 2.73. The van der Waals surface area contributed by atoms with Gasteiger partial charge in [0.25, 0.3) is 11.6 Å². The van der Waals surface area contributed by atoms with Crippen molar-refractivity contribution in [3.8, 4) is 11.5 Å². The van der Waals surface area contributed by atoms with Crippen LogP contribution in [0, 0.1) is 10.1 Å². The second-order valence-corrected chi connectivity index (χ2v) is 5.90. The Morgan fingerprint density at radius 3 is 2.39 bits per heavy atom. The molecule has 28 heavy (non-hydrogen) atoms. The predicted octanol–water partition coefficient (Wildman–Crippen LogP) is 4.43. The molecule has 3 rings (SSSR count). The Hall–Kier alpha value is -3.87. The van der Waals surface area contributed by atoms with Gasteiger partial charge in [0, 0.05) is 23.4 Å². The first kappa shape index (κ1) is 18.9. The Labute approximate surface area is 161 Å². The number of ether oxygens (including phenoxy) is 2. The number of nitro groups is 1. The highest BCUT2D eigenvalue weighted by Gasteiger charge is 2.10. The lowest BCUT2D eigenvalue weighted by atomic mass is 10.1. The standard InChI is InChI=1S/C21H18N2O5/c1-27-19-7-2-3-8-20(19)28-14-15-9-11-16(12-10-15)21(24)22-17-5-4-6-18(13-17)23(25)26/h2-13H,14H2,1H3,(H,22,24). The second kappa shape index (κ2) is 8.68. The zero-order valence-corrected chi connectivity index (χ0v) is 15.1. The van der Waals surface area contributed by atoms with Gasteiger partial charge in [0.2, 0.25) is 0 Å². The van der Waals surface area contributed by atoms with Crippen LogP contribution in [0.1, 0.15) is 15.9 Å². The van der Waals surface area contributed by atoms with Crippen LogP contribution < -0.4 is 14.8 Å². The first-order valence-corrected chi connectivity index (χ1v) is 8.47. The molecule has 0 fully saturated rings. The van der Waals surface area contributed by atoms with Gasteiger partial charge in [-0.05, 0) is 35.9 Å². The number of nitrogens with one attached hydrogen (secondary N) is 1. The molecule has 1 N–H and O–H groups in total. The first-order chi connectivity index (χ1) is 13.6. The molecule has 0 saturated carbocycles. The molecular formula is C21H18N2O5. The number of para-hydroxylation sites is 2. The fourth-order valence-corrected chi connectivity index (χ4v) is 2.55. The third-order valence-corrected chi connectivity index (χ3v) is 3.99. The van der Waals surface area contributed by atoms with Crippen molar-refractivity contribution in [1.82, 2.24) is 0 Å². The summed E-state index contributed by atoms with van der Waals surface area (Å²) >= 11 is 0. The van der Waals surface area contributed by atoms with E-state index >= 15 is 0 Å². The summed E-state index contributed by atoms with van der Waals surface area (Å²) < 4.78 is 11.0. The van der Waals surface area contributed by atoms with Crippen LogP contribution in [0.25, 0.3) is 0 Å². The number of anilines is 1. The summed E-state index contributed by atoms with van der Waals surface area (Å²) in [6.07, 6.45) is 0. The van der Waals surface area contributed by atoms with Crippen LogP contribution in [0.3, 0.4) is 0 Å². The molecular weight excluding hydrogens is 360 g/mol. The third kappa shape index (κ3) is 4.64. The molecule has 7 heteroatoms. The van der Waals surface area contributed by atoms with Gasteiger partial charge in [0.15, 0.2) is 11.5 Å². The number of hydrogen-bond acceptors (Lipinski definition) is 5. The molecule has 0 unspecified atom stereocenters. The number of hydrogen-bond donors (Lipinski definition) is 1. The lowest BCUT2D eigenvalue weighted by molar-refractivity contribution is -0.384. The van der Waals surface area contributed by atoms with Gasteiger partial charge in [-0.2, -0.15) is 0 Å². The van der Waals surface area contributed by atoms with Crippen molar-refractivity contribution >= 4 is 17.3 Å². The van der Waals surface area contributed by atoms with Crippen molar-refractivity contribution in [3.05, 3.63) is 94.0 Å². The van der Waals surface area contributed by atoms with Crippen LogP contribution in [0.5, 0.6) is 11.5 Å². The van der Waals surface area contributed by atoms with Gasteiger partial charge < -0.3 is 14.8 Å². The van der Waals surface area contributed by atoms with E-state index in [0.29, 0.717) is 29.4 Å². The van der Waals surface area contributed by atoms with E-state index < -0.39 is 4.92 Å². The van der Waals surface area contributed by atoms with Crippen molar-refractivity contribution < 1.29 is 19.2 Å². The Kier molecular flexibility index (Phi) is 5.86. The van der Waals surface area contributed by atoms with Gasteiger partial charge >= 0.3 is 0 Å². The zero-order valence-electron chi connectivity index (χ0n) is 15.1. The van der Waals surface area contributed by atoms with Crippen LogP contribution in [0.15, 0.2) is 72.8 Å². The molecule has 0 aromatic heterocycles. The van der Waals surface area contributed by atoms with E-state index in [0.717, 1.165) is 5.56 Å². The summed E-state index contributed by atoms with van der Waals surface area (Å²) in [7, 11) is 1.58. The predicted molar refractivity (Wildman–Crippen MR) is 105 cm³/mol. The molecule has 0 atom stereocenters. The van der Waals surface area contributed by atoms with Crippen LogP contribution in [0.2, 0.25) is 0 Å². The van der Waals surface area contributed by atoms with E-state index in [2.05, 4.69) is 5.32 Å². The summed E-state index contributed by atoms with van der Waals surface area (Å²) in [4.78, 5) is 22.7. The lowest BCUT2D eigenvalue weighted by Crippen LogP contribution is -2.12. The van der Waals surface area contributed by atoms with Gasteiger partial charge in [-0.3, -0.25) is 14.9 Å². The number of non-ortho nitro benzene ring substituents is 1. The van der Waals surface area contributed by atoms with E-state index in [1.165, 1.54) is 18.2 Å². The molecule has 0 aliphatic heterocycles. The normalized spacial score (nSPS) is 10.2. The maximum atomic E-state index is 12.3. The van der Waals surface area contributed by atoms with Gasteiger partial charge in [-0.1, -0.05) is 30.3 Å². The van der Waals surface area contributed by atoms with E-state index in [9.17, 15) is 14.9 Å². The van der Waals surface area contributed by atoms with Gasteiger partial charge in [-0.15, -0.1) is 0 Å².